The van der Waals surface area contributed by atoms with Crippen LogP contribution in [-0.4, -0.2) is 54.9 Å². The van der Waals surface area contributed by atoms with Gasteiger partial charge in [-0.25, -0.2) is 0 Å². The molecule has 0 radical (unpaired) electrons. The molecule has 1 saturated heterocycles. The highest BCUT2D eigenvalue weighted by Gasteiger charge is 2.32. The van der Waals surface area contributed by atoms with Gasteiger partial charge in [0.2, 0.25) is 11.8 Å². The average Bonchev–Trinajstić information content (AvgIpc) is 2.74. The summed E-state index contributed by atoms with van der Waals surface area (Å²) in [6.45, 7) is 6.42. The largest absolute Gasteiger partial charge is 0.497 e. The van der Waals surface area contributed by atoms with Crippen molar-refractivity contribution >= 4 is 17.5 Å². The van der Waals surface area contributed by atoms with E-state index in [0.29, 0.717) is 37.6 Å². The van der Waals surface area contributed by atoms with Crippen LogP contribution in [0.5, 0.6) is 5.75 Å². The van der Waals surface area contributed by atoms with E-state index in [2.05, 4.69) is 10.2 Å². The molecule has 6 nitrogen and oxygen atoms in total. The molecule has 3 rings (SSSR count). The van der Waals surface area contributed by atoms with Crippen LogP contribution in [0.25, 0.3) is 0 Å². The molecule has 0 aromatic heterocycles. The number of methoxy groups -OCH3 is 1. The lowest BCUT2D eigenvalue weighted by Crippen LogP contribution is -2.52. The maximum absolute atomic E-state index is 13.3. The SMILES string of the molecule is COc1cccc(NC(=O)C(c2ccccc2)N2CCN(C(=O)C(C)C)CC2)c1. The second-order valence-electron chi connectivity index (χ2n) is 7.55. The van der Waals surface area contributed by atoms with Crippen molar-refractivity contribution in [2.24, 2.45) is 5.92 Å². The predicted molar refractivity (Wildman–Crippen MR) is 114 cm³/mol. The predicted octanol–water partition coefficient (Wildman–Crippen LogP) is 3.18. The van der Waals surface area contributed by atoms with Gasteiger partial charge in [0.1, 0.15) is 11.8 Å². The summed E-state index contributed by atoms with van der Waals surface area (Å²) in [5.74, 6) is 0.762. The summed E-state index contributed by atoms with van der Waals surface area (Å²) in [7, 11) is 1.60. The van der Waals surface area contributed by atoms with Crippen molar-refractivity contribution in [1.29, 1.82) is 0 Å². The van der Waals surface area contributed by atoms with E-state index in [9.17, 15) is 9.59 Å². The Labute approximate surface area is 172 Å². The van der Waals surface area contributed by atoms with Gasteiger partial charge in [0.25, 0.3) is 0 Å². The maximum atomic E-state index is 13.3. The summed E-state index contributed by atoms with van der Waals surface area (Å²) in [5, 5.41) is 3.02. The molecule has 2 amide bonds. The summed E-state index contributed by atoms with van der Waals surface area (Å²) >= 11 is 0. The van der Waals surface area contributed by atoms with Crippen LogP contribution >= 0.6 is 0 Å². The third-order valence-corrected chi connectivity index (χ3v) is 5.19. The number of piperazine rings is 1. The molecule has 1 aliphatic rings. The van der Waals surface area contributed by atoms with Crippen molar-refractivity contribution < 1.29 is 14.3 Å². The van der Waals surface area contributed by atoms with E-state index in [1.54, 1.807) is 13.2 Å². The van der Waals surface area contributed by atoms with Crippen LogP contribution in [0, 0.1) is 5.92 Å². The number of nitrogens with one attached hydrogen (secondary N) is 1. The van der Waals surface area contributed by atoms with Crippen molar-refractivity contribution in [3.8, 4) is 5.75 Å². The van der Waals surface area contributed by atoms with Gasteiger partial charge in [-0.05, 0) is 17.7 Å². The normalized spacial score (nSPS) is 15.8. The van der Waals surface area contributed by atoms with Crippen molar-refractivity contribution in [1.82, 2.24) is 9.80 Å². The molecular formula is C23H29N3O3. The molecule has 1 N–H and O–H groups in total. The number of ether oxygens (including phenoxy) is 1. The highest BCUT2D eigenvalue weighted by molar-refractivity contribution is 5.95. The van der Waals surface area contributed by atoms with Crippen LogP contribution < -0.4 is 10.1 Å². The Bertz CT molecular complexity index is 830. The number of nitrogens with zero attached hydrogens (tertiary/aromatic N) is 2. The van der Waals surface area contributed by atoms with Crippen LogP contribution in [0.2, 0.25) is 0 Å². The van der Waals surface area contributed by atoms with E-state index >= 15 is 0 Å². The molecule has 0 spiro atoms. The zero-order valence-corrected chi connectivity index (χ0v) is 17.3. The fourth-order valence-corrected chi connectivity index (χ4v) is 3.64. The summed E-state index contributed by atoms with van der Waals surface area (Å²) in [5.41, 5.74) is 1.64. The minimum absolute atomic E-state index is 0.0113. The molecule has 0 saturated carbocycles. The lowest BCUT2D eigenvalue weighted by Gasteiger charge is -2.39. The van der Waals surface area contributed by atoms with E-state index in [4.69, 9.17) is 4.74 Å². The van der Waals surface area contributed by atoms with Crippen molar-refractivity contribution in [2.75, 3.05) is 38.6 Å². The van der Waals surface area contributed by atoms with E-state index < -0.39 is 6.04 Å². The van der Waals surface area contributed by atoms with E-state index in [0.717, 1.165) is 5.56 Å². The zero-order valence-electron chi connectivity index (χ0n) is 17.3. The lowest BCUT2D eigenvalue weighted by molar-refractivity contribution is -0.137. The molecule has 2 aromatic rings. The molecule has 1 aliphatic heterocycles. The number of carbonyl (C=O) groups is 2. The van der Waals surface area contributed by atoms with Crippen LogP contribution in [0.1, 0.15) is 25.5 Å². The number of hydrogen-bond acceptors (Lipinski definition) is 4. The highest BCUT2D eigenvalue weighted by Crippen LogP contribution is 2.25. The molecule has 1 heterocycles. The third kappa shape index (κ3) is 5.15. The quantitative estimate of drug-likeness (QED) is 0.816. The van der Waals surface area contributed by atoms with Gasteiger partial charge in [0, 0.05) is 43.9 Å². The Kier molecular flexibility index (Phi) is 6.88. The first-order valence-electron chi connectivity index (χ1n) is 10.0. The van der Waals surface area contributed by atoms with Crippen LogP contribution in [0.15, 0.2) is 54.6 Å². The van der Waals surface area contributed by atoms with Gasteiger partial charge in [0.15, 0.2) is 0 Å². The molecule has 0 bridgehead atoms. The topological polar surface area (TPSA) is 61.9 Å². The first-order valence-corrected chi connectivity index (χ1v) is 10.0. The van der Waals surface area contributed by atoms with E-state index in [1.807, 2.05) is 67.3 Å². The number of rotatable bonds is 6. The van der Waals surface area contributed by atoms with Gasteiger partial charge in [-0.1, -0.05) is 50.2 Å². The molecule has 1 unspecified atom stereocenters. The Balaban J connectivity index is 1.77. The second-order valence-corrected chi connectivity index (χ2v) is 7.55. The third-order valence-electron chi connectivity index (χ3n) is 5.19. The molecule has 6 heteroatoms. The van der Waals surface area contributed by atoms with Gasteiger partial charge in [0.05, 0.1) is 7.11 Å². The highest BCUT2D eigenvalue weighted by atomic mass is 16.5. The van der Waals surface area contributed by atoms with Crippen LogP contribution in [0.3, 0.4) is 0 Å². The first-order chi connectivity index (χ1) is 14.0. The fourth-order valence-electron chi connectivity index (χ4n) is 3.64. The summed E-state index contributed by atoms with van der Waals surface area (Å²) in [4.78, 5) is 29.6. The smallest absolute Gasteiger partial charge is 0.246 e. The monoisotopic (exact) mass is 395 g/mol. The van der Waals surface area contributed by atoms with Gasteiger partial charge in [-0.2, -0.15) is 0 Å². The average molecular weight is 396 g/mol. The van der Waals surface area contributed by atoms with Gasteiger partial charge < -0.3 is 15.0 Å². The molecule has 29 heavy (non-hydrogen) atoms. The lowest BCUT2D eigenvalue weighted by atomic mass is 10.0. The minimum Gasteiger partial charge on any atom is -0.497 e. The molecule has 154 valence electrons. The van der Waals surface area contributed by atoms with E-state index in [1.165, 1.54) is 0 Å². The summed E-state index contributed by atoms with van der Waals surface area (Å²) in [6, 6.07) is 16.7. The van der Waals surface area contributed by atoms with Crippen molar-refractivity contribution in [2.45, 2.75) is 19.9 Å². The Morgan fingerprint density at radius 3 is 2.28 bits per heavy atom. The molecular weight excluding hydrogens is 366 g/mol. The number of carbonyl (C=O) groups excluding carboxylic acids is 2. The standard InChI is InChI=1S/C23H29N3O3/c1-17(2)23(28)26-14-12-25(13-15-26)21(18-8-5-4-6-9-18)22(27)24-19-10-7-11-20(16-19)29-3/h4-11,16-17,21H,12-15H2,1-3H3,(H,24,27). The molecule has 0 aliphatic carbocycles. The Morgan fingerprint density at radius 2 is 1.66 bits per heavy atom. The summed E-state index contributed by atoms with van der Waals surface area (Å²) < 4.78 is 5.25. The maximum Gasteiger partial charge on any atom is 0.246 e. The number of amides is 2. The van der Waals surface area contributed by atoms with Gasteiger partial charge in [-0.15, -0.1) is 0 Å². The Morgan fingerprint density at radius 1 is 0.966 bits per heavy atom. The Hall–Kier alpha value is -2.86. The molecule has 1 atom stereocenters. The second kappa shape index (κ2) is 9.56. The van der Waals surface area contributed by atoms with Gasteiger partial charge >= 0.3 is 0 Å². The number of anilines is 1. The fraction of sp³-hybridized carbons (Fsp3) is 0.391. The number of hydrogen-bond donors (Lipinski definition) is 1. The van der Waals surface area contributed by atoms with E-state index in [-0.39, 0.29) is 17.7 Å². The van der Waals surface area contributed by atoms with Crippen LogP contribution in [-0.2, 0) is 9.59 Å². The van der Waals surface area contributed by atoms with Crippen molar-refractivity contribution in [3.05, 3.63) is 60.2 Å². The molecule has 1 fully saturated rings. The first kappa shape index (κ1) is 20.9. The zero-order chi connectivity index (χ0) is 20.8. The molecule has 2 aromatic carbocycles. The van der Waals surface area contributed by atoms with Crippen molar-refractivity contribution in [3.63, 3.8) is 0 Å². The minimum atomic E-state index is -0.418. The van der Waals surface area contributed by atoms with Gasteiger partial charge in [-0.3, -0.25) is 14.5 Å². The number of benzene rings is 2. The van der Waals surface area contributed by atoms with Crippen LogP contribution in [0.4, 0.5) is 5.69 Å². The summed E-state index contributed by atoms with van der Waals surface area (Å²) in [6.07, 6.45) is 0.